The third-order valence-electron chi connectivity index (χ3n) is 4.34. The second-order valence-corrected chi connectivity index (χ2v) is 8.31. The molecule has 2 aromatic rings. The maximum absolute atomic E-state index is 12.7. The summed E-state index contributed by atoms with van der Waals surface area (Å²) in [6.07, 6.45) is 2.94. The van der Waals surface area contributed by atoms with Crippen molar-refractivity contribution in [2.75, 3.05) is 26.8 Å². The molecule has 0 saturated carbocycles. The van der Waals surface area contributed by atoms with Crippen molar-refractivity contribution in [2.24, 2.45) is 0 Å². The number of benzene rings is 1. The Morgan fingerprint density at radius 3 is 2.52 bits per heavy atom. The molecule has 1 aliphatic rings. The standard InChI is InChI=1S/C16H22N4O3S2/c1-23-12-11-20-15(17-18-16(20)24)13-5-7-14(8-6-13)25(21,22)19-9-3-2-4-10-19/h5-8H,2-4,9-12H2,1H3,(H,18,24). The number of ether oxygens (including phenoxy) is 1. The van der Waals surface area contributed by atoms with E-state index < -0.39 is 10.0 Å². The fraction of sp³-hybridized carbons (Fsp3) is 0.500. The van der Waals surface area contributed by atoms with Gasteiger partial charge < -0.3 is 4.74 Å². The maximum Gasteiger partial charge on any atom is 0.243 e. The van der Waals surface area contributed by atoms with E-state index in [2.05, 4.69) is 10.2 Å². The molecule has 2 heterocycles. The highest BCUT2D eigenvalue weighted by molar-refractivity contribution is 7.89. The third kappa shape index (κ3) is 3.84. The van der Waals surface area contributed by atoms with E-state index >= 15 is 0 Å². The number of rotatable bonds is 6. The van der Waals surface area contributed by atoms with E-state index in [1.165, 1.54) is 0 Å². The van der Waals surface area contributed by atoms with Crippen LogP contribution in [0, 0.1) is 4.77 Å². The Kier molecular flexibility index (Phi) is 5.67. The molecule has 0 radical (unpaired) electrons. The van der Waals surface area contributed by atoms with Crippen molar-refractivity contribution < 1.29 is 13.2 Å². The van der Waals surface area contributed by atoms with Gasteiger partial charge in [-0.2, -0.15) is 9.40 Å². The van der Waals surface area contributed by atoms with Crippen LogP contribution in [0.4, 0.5) is 0 Å². The second-order valence-electron chi connectivity index (χ2n) is 5.99. The topological polar surface area (TPSA) is 80.2 Å². The molecule has 0 bridgehead atoms. The monoisotopic (exact) mass is 382 g/mol. The molecule has 3 rings (SSSR count). The van der Waals surface area contributed by atoms with Crippen LogP contribution in [0.1, 0.15) is 19.3 Å². The molecule has 9 heteroatoms. The van der Waals surface area contributed by atoms with Gasteiger partial charge in [0.15, 0.2) is 10.6 Å². The van der Waals surface area contributed by atoms with Crippen molar-refractivity contribution in [2.45, 2.75) is 30.7 Å². The van der Waals surface area contributed by atoms with Gasteiger partial charge in [-0.25, -0.2) is 8.42 Å². The number of sulfonamides is 1. The molecule has 136 valence electrons. The van der Waals surface area contributed by atoms with Crippen molar-refractivity contribution in [1.29, 1.82) is 0 Å². The van der Waals surface area contributed by atoms with Gasteiger partial charge in [0.1, 0.15) is 0 Å². The first kappa shape index (κ1) is 18.2. The summed E-state index contributed by atoms with van der Waals surface area (Å²) < 4.78 is 34.4. The molecule has 1 aliphatic heterocycles. The van der Waals surface area contributed by atoms with E-state index in [0.29, 0.717) is 41.7 Å². The van der Waals surface area contributed by atoms with E-state index in [-0.39, 0.29) is 0 Å². The van der Waals surface area contributed by atoms with Crippen LogP contribution in [0.15, 0.2) is 29.2 Å². The van der Waals surface area contributed by atoms with E-state index in [9.17, 15) is 8.42 Å². The van der Waals surface area contributed by atoms with Gasteiger partial charge in [0.2, 0.25) is 10.0 Å². The summed E-state index contributed by atoms with van der Waals surface area (Å²) >= 11 is 5.24. The highest BCUT2D eigenvalue weighted by Crippen LogP contribution is 2.24. The van der Waals surface area contributed by atoms with Gasteiger partial charge in [0.05, 0.1) is 18.0 Å². The van der Waals surface area contributed by atoms with Crippen LogP contribution in [0.25, 0.3) is 11.4 Å². The van der Waals surface area contributed by atoms with Gasteiger partial charge in [0, 0.05) is 25.8 Å². The number of aromatic amines is 1. The molecule has 0 spiro atoms. The van der Waals surface area contributed by atoms with Gasteiger partial charge >= 0.3 is 0 Å². The molecule has 1 aromatic heterocycles. The van der Waals surface area contributed by atoms with Crippen LogP contribution in [0.2, 0.25) is 0 Å². The van der Waals surface area contributed by atoms with Crippen LogP contribution >= 0.6 is 12.2 Å². The van der Waals surface area contributed by atoms with Gasteiger partial charge in [0.25, 0.3) is 0 Å². The molecule has 25 heavy (non-hydrogen) atoms. The normalized spacial score (nSPS) is 16.2. The largest absolute Gasteiger partial charge is 0.383 e. The highest BCUT2D eigenvalue weighted by atomic mass is 32.2. The molecule has 0 aliphatic carbocycles. The van der Waals surface area contributed by atoms with Crippen LogP contribution in [-0.4, -0.2) is 54.3 Å². The van der Waals surface area contributed by atoms with Crippen molar-refractivity contribution in [3.05, 3.63) is 29.0 Å². The lowest BCUT2D eigenvalue weighted by atomic mass is 10.2. The van der Waals surface area contributed by atoms with Crippen LogP contribution in [0.5, 0.6) is 0 Å². The summed E-state index contributed by atoms with van der Waals surface area (Å²) in [5, 5.41) is 7.03. The van der Waals surface area contributed by atoms with Crippen molar-refractivity contribution in [1.82, 2.24) is 19.1 Å². The van der Waals surface area contributed by atoms with Crippen LogP contribution < -0.4 is 0 Å². The summed E-state index contributed by atoms with van der Waals surface area (Å²) in [7, 11) is -1.79. The fourth-order valence-corrected chi connectivity index (χ4v) is 4.70. The van der Waals surface area contributed by atoms with E-state index in [0.717, 1.165) is 24.8 Å². The number of hydrogen-bond donors (Lipinski definition) is 1. The average Bonchev–Trinajstić information content (AvgIpc) is 3.01. The quantitative estimate of drug-likeness (QED) is 0.776. The fourth-order valence-electron chi connectivity index (χ4n) is 2.96. The van der Waals surface area contributed by atoms with Crippen LogP contribution in [-0.2, 0) is 21.3 Å². The number of piperidine rings is 1. The second kappa shape index (κ2) is 7.77. The Morgan fingerprint density at radius 2 is 1.88 bits per heavy atom. The number of nitrogens with zero attached hydrogens (tertiary/aromatic N) is 3. The number of aromatic nitrogens is 3. The van der Waals surface area contributed by atoms with E-state index in [1.54, 1.807) is 35.7 Å². The Balaban J connectivity index is 1.87. The zero-order valence-corrected chi connectivity index (χ0v) is 15.8. The predicted octanol–water partition coefficient (Wildman–Crippen LogP) is 2.43. The summed E-state index contributed by atoms with van der Waals surface area (Å²) in [5.41, 5.74) is 0.807. The molecule has 0 unspecified atom stereocenters. The minimum atomic E-state index is -3.42. The summed E-state index contributed by atoms with van der Waals surface area (Å²) in [5.74, 6) is 0.670. The van der Waals surface area contributed by atoms with E-state index in [1.807, 2.05) is 4.57 Å². The Morgan fingerprint density at radius 1 is 1.20 bits per heavy atom. The van der Waals surface area contributed by atoms with Gasteiger partial charge in [-0.1, -0.05) is 6.42 Å². The summed E-state index contributed by atoms with van der Waals surface area (Å²) in [4.78, 5) is 0.315. The van der Waals surface area contributed by atoms with E-state index in [4.69, 9.17) is 17.0 Å². The SMILES string of the molecule is COCCn1c(-c2ccc(S(=O)(=O)N3CCCCC3)cc2)n[nH]c1=S. The third-order valence-corrected chi connectivity index (χ3v) is 6.57. The Labute approximate surface area is 152 Å². The summed E-state index contributed by atoms with van der Waals surface area (Å²) in [6, 6.07) is 6.81. The molecule has 0 atom stereocenters. The van der Waals surface area contributed by atoms with Crippen molar-refractivity contribution in [3.8, 4) is 11.4 Å². The lowest BCUT2D eigenvalue weighted by Gasteiger charge is -2.25. The van der Waals surface area contributed by atoms with Gasteiger partial charge in [-0.15, -0.1) is 0 Å². The van der Waals surface area contributed by atoms with Crippen LogP contribution in [0.3, 0.4) is 0 Å². The highest BCUT2D eigenvalue weighted by Gasteiger charge is 2.25. The first-order valence-corrected chi connectivity index (χ1v) is 10.1. The number of methoxy groups -OCH3 is 1. The zero-order valence-electron chi connectivity index (χ0n) is 14.1. The molecule has 0 amide bonds. The lowest BCUT2D eigenvalue weighted by Crippen LogP contribution is -2.35. The van der Waals surface area contributed by atoms with Crippen molar-refractivity contribution >= 4 is 22.2 Å². The van der Waals surface area contributed by atoms with Gasteiger partial charge in [-0.3, -0.25) is 9.67 Å². The summed E-state index contributed by atoms with van der Waals surface area (Å²) in [6.45, 7) is 2.29. The van der Waals surface area contributed by atoms with Gasteiger partial charge in [-0.05, 0) is 49.3 Å². The first-order chi connectivity index (χ1) is 12.0. The molecule has 7 nitrogen and oxygen atoms in total. The Hall–Kier alpha value is -1.55. The number of H-pyrrole nitrogens is 1. The maximum atomic E-state index is 12.7. The molecule has 1 aromatic carbocycles. The smallest absolute Gasteiger partial charge is 0.243 e. The average molecular weight is 383 g/mol. The minimum absolute atomic E-state index is 0.315. The molecular weight excluding hydrogens is 360 g/mol. The number of hydrogen-bond acceptors (Lipinski definition) is 5. The number of nitrogens with one attached hydrogen (secondary N) is 1. The van der Waals surface area contributed by atoms with Crippen molar-refractivity contribution in [3.63, 3.8) is 0 Å². The zero-order chi connectivity index (χ0) is 17.9. The Bertz CT molecular complexity index is 866. The molecular formula is C16H22N4O3S2. The minimum Gasteiger partial charge on any atom is -0.383 e. The molecule has 1 fully saturated rings. The lowest BCUT2D eigenvalue weighted by molar-refractivity contribution is 0.187. The first-order valence-electron chi connectivity index (χ1n) is 8.29. The predicted molar refractivity (Wildman–Crippen MR) is 97.3 cm³/mol. The molecule has 1 N–H and O–H groups in total. The molecule has 1 saturated heterocycles.